The van der Waals surface area contributed by atoms with E-state index in [9.17, 15) is 5.11 Å². The summed E-state index contributed by atoms with van der Waals surface area (Å²) in [7, 11) is 1.93. The second kappa shape index (κ2) is 4.99. The summed E-state index contributed by atoms with van der Waals surface area (Å²) in [4.78, 5) is 6.23. The summed E-state index contributed by atoms with van der Waals surface area (Å²) in [6, 6.07) is 10.2. The zero-order chi connectivity index (χ0) is 11.4. The molecule has 1 aliphatic heterocycles. The highest BCUT2D eigenvalue weighted by Gasteiger charge is 2.16. The number of nitrogens with one attached hydrogen (secondary N) is 1. The number of benzene rings is 1. The average Bonchev–Trinajstić information content (AvgIpc) is 2.29. The van der Waals surface area contributed by atoms with E-state index >= 15 is 0 Å². The van der Waals surface area contributed by atoms with Gasteiger partial charge < -0.3 is 15.3 Å². The summed E-state index contributed by atoms with van der Waals surface area (Å²) in [5.41, 5.74) is 1.23. The van der Waals surface area contributed by atoms with Crippen molar-refractivity contribution >= 4 is 5.96 Å². The number of nitrogens with zero attached hydrogens (tertiary/aromatic N) is 2. The quantitative estimate of drug-likeness (QED) is 0.758. The van der Waals surface area contributed by atoms with Crippen LogP contribution >= 0.6 is 0 Å². The smallest absolute Gasteiger partial charge is 0.194 e. The highest BCUT2D eigenvalue weighted by Crippen LogP contribution is 2.02. The van der Waals surface area contributed by atoms with Gasteiger partial charge in [-0.3, -0.25) is 4.99 Å². The molecule has 0 radical (unpaired) electrons. The van der Waals surface area contributed by atoms with E-state index in [1.165, 1.54) is 5.56 Å². The second-order valence-electron chi connectivity index (χ2n) is 4.04. The van der Waals surface area contributed by atoms with E-state index in [-0.39, 0.29) is 6.10 Å². The fourth-order valence-electron chi connectivity index (χ4n) is 1.74. The molecular formula is C12H17N3O. The standard InChI is InChI=1S/C12H17N3O/c1-15-9-11(16)8-14-12(15)13-7-10-5-3-2-4-6-10/h2-6,11,16H,7-9H2,1H3,(H,13,14). The maximum absolute atomic E-state index is 9.41. The predicted molar refractivity (Wildman–Crippen MR) is 64.2 cm³/mol. The minimum absolute atomic E-state index is 0.340. The van der Waals surface area contributed by atoms with Crippen molar-refractivity contribution in [3.05, 3.63) is 35.9 Å². The molecule has 2 N–H and O–H groups in total. The Morgan fingerprint density at radius 2 is 2.19 bits per heavy atom. The molecular weight excluding hydrogens is 202 g/mol. The van der Waals surface area contributed by atoms with Gasteiger partial charge in [0.05, 0.1) is 12.6 Å². The molecule has 16 heavy (non-hydrogen) atoms. The molecule has 0 saturated carbocycles. The van der Waals surface area contributed by atoms with Crippen molar-refractivity contribution in [2.24, 2.45) is 4.99 Å². The lowest BCUT2D eigenvalue weighted by atomic mass is 10.2. The van der Waals surface area contributed by atoms with Crippen LogP contribution in [0.15, 0.2) is 35.3 Å². The van der Waals surface area contributed by atoms with E-state index < -0.39 is 0 Å². The van der Waals surface area contributed by atoms with Gasteiger partial charge in [0.15, 0.2) is 5.96 Å². The van der Waals surface area contributed by atoms with Gasteiger partial charge in [0.1, 0.15) is 0 Å². The van der Waals surface area contributed by atoms with Gasteiger partial charge in [-0.25, -0.2) is 0 Å². The van der Waals surface area contributed by atoms with Crippen LogP contribution in [-0.2, 0) is 6.54 Å². The van der Waals surface area contributed by atoms with E-state index in [4.69, 9.17) is 0 Å². The largest absolute Gasteiger partial charge is 0.389 e. The Labute approximate surface area is 95.6 Å². The van der Waals surface area contributed by atoms with Crippen LogP contribution in [0.25, 0.3) is 0 Å². The molecule has 4 nitrogen and oxygen atoms in total. The molecule has 0 bridgehead atoms. The van der Waals surface area contributed by atoms with Crippen LogP contribution < -0.4 is 5.32 Å². The fraction of sp³-hybridized carbons (Fsp3) is 0.417. The van der Waals surface area contributed by atoms with Gasteiger partial charge in [-0.05, 0) is 5.56 Å². The van der Waals surface area contributed by atoms with E-state index in [0.717, 1.165) is 12.5 Å². The Morgan fingerprint density at radius 1 is 1.44 bits per heavy atom. The normalized spacial score (nSPS) is 20.5. The Balaban J connectivity index is 1.91. The molecule has 1 aromatic carbocycles. The number of aliphatic hydroxyl groups excluding tert-OH is 1. The van der Waals surface area contributed by atoms with Gasteiger partial charge in [0.25, 0.3) is 0 Å². The van der Waals surface area contributed by atoms with Crippen molar-refractivity contribution in [3.63, 3.8) is 0 Å². The van der Waals surface area contributed by atoms with Crippen LogP contribution in [0.3, 0.4) is 0 Å². The first-order chi connectivity index (χ1) is 7.75. The summed E-state index contributed by atoms with van der Waals surface area (Å²) < 4.78 is 0. The third kappa shape index (κ3) is 2.73. The van der Waals surface area contributed by atoms with Crippen LogP contribution in [0.2, 0.25) is 0 Å². The third-order valence-corrected chi connectivity index (χ3v) is 2.59. The molecule has 1 unspecified atom stereocenters. The van der Waals surface area contributed by atoms with Crippen LogP contribution in [0.1, 0.15) is 5.56 Å². The summed E-state index contributed by atoms with van der Waals surface area (Å²) in [6.07, 6.45) is -0.340. The number of guanidine groups is 1. The van der Waals surface area contributed by atoms with Gasteiger partial charge in [0.2, 0.25) is 0 Å². The lowest BCUT2D eigenvalue weighted by Gasteiger charge is -2.28. The lowest BCUT2D eigenvalue weighted by molar-refractivity contribution is 0.146. The topological polar surface area (TPSA) is 47.9 Å². The molecule has 0 amide bonds. The van der Waals surface area contributed by atoms with Gasteiger partial charge in [0, 0.05) is 20.1 Å². The molecule has 1 atom stereocenters. The minimum Gasteiger partial charge on any atom is -0.389 e. The number of hydrogen-bond acceptors (Lipinski definition) is 4. The van der Waals surface area contributed by atoms with Crippen LogP contribution in [-0.4, -0.2) is 42.2 Å². The van der Waals surface area contributed by atoms with E-state index in [1.807, 2.05) is 30.1 Å². The first kappa shape index (κ1) is 11.0. The SMILES string of the molecule is CN1CC(O)CN=C1NCc1ccccc1. The van der Waals surface area contributed by atoms with Crippen molar-refractivity contribution in [2.45, 2.75) is 12.6 Å². The highest BCUT2D eigenvalue weighted by atomic mass is 16.3. The first-order valence-corrected chi connectivity index (χ1v) is 5.47. The minimum atomic E-state index is -0.340. The molecule has 1 aliphatic rings. The molecule has 0 saturated heterocycles. The summed E-state index contributed by atoms with van der Waals surface area (Å²) >= 11 is 0. The molecule has 0 aliphatic carbocycles. The molecule has 1 aromatic rings. The number of hydrogen-bond donors (Lipinski definition) is 2. The molecule has 0 fully saturated rings. The predicted octanol–water partition coefficient (Wildman–Crippen LogP) is 0.438. The van der Waals surface area contributed by atoms with Crippen molar-refractivity contribution in [1.82, 2.24) is 10.2 Å². The molecule has 1 heterocycles. The zero-order valence-electron chi connectivity index (χ0n) is 9.43. The van der Waals surface area contributed by atoms with Gasteiger partial charge >= 0.3 is 0 Å². The van der Waals surface area contributed by atoms with E-state index in [2.05, 4.69) is 22.4 Å². The number of rotatable bonds is 2. The average molecular weight is 219 g/mol. The van der Waals surface area contributed by atoms with Crippen molar-refractivity contribution < 1.29 is 5.11 Å². The van der Waals surface area contributed by atoms with Crippen molar-refractivity contribution in [2.75, 3.05) is 20.1 Å². The summed E-state index contributed by atoms with van der Waals surface area (Å²) in [5, 5.41) is 12.7. The lowest BCUT2D eigenvalue weighted by Crippen LogP contribution is -2.46. The van der Waals surface area contributed by atoms with Crippen molar-refractivity contribution in [3.8, 4) is 0 Å². The first-order valence-electron chi connectivity index (χ1n) is 5.47. The summed E-state index contributed by atoms with van der Waals surface area (Å²) in [6.45, 7) is 1.89. The molecule has 0 spiro atoms. The van der Waals surface area contributed by atoms with Crippen molar-refractivity contribution in [1.29, 1.82) is 0 Å². The maximum Gasteiger partial charge on any atom is 0.194 e. The Morgan fingerprint density at radius 3 is 2.88 bits per heavy atom. The van der Waals surface area contributed by atoms with E-state index in [0.29, 0.717) is 13.1 Å². The maximum atomic E-state index is 9.41. The van der Waals surface area contributed by atoms with Crippen LogP contribution in [0.4, 0.5) is 0 Å². The summed E-state index contributed by atoms with van der Waals surface area (Å²) in [5.74, 6) is 0.856. The van der Waals surface area contributed by atoms with Crippen LogP contribution in [0, 0.1) is 0 Å². The fourth-order valence-corrected chi connectivity index (χ4v) is 1.74. The Bertz CT molecular complexity index is 364. The number of likely N-dealkylation sites (N-methyl/N-ethyl adjacent to an activating group) is 1. The van der Waals surface area contributed by atoms with E-state index in [1.54, 1.807) is 0 Å². The molecule has 2 rings (SSSR count). The van der Waals surface area contributed by atoms with Gasteiger partial charge in [-0.1, -0.05) is 30.3 Å². The van der Waals surface area contributed by atoms with Gasteiger partial charge in [-0.2, -0.15) is 0 Å². The molecule has 0 aromatic heterocycles. The monoisotopic (exact) mass is 219 g/mol. The number of β-amino-alcohol motifs (C(OH)–C–C–N with tert-alkyl or cyclic N) is 1. The van der Waals surface area contributed by atoms with Crippen LogP contribution in [0.5, 0.6) is 0 Å². The molecule has 4 heteroatoms. The Kier molecular flexibility index (Phi) is 3.41. The number of aliphatic imine (C=N–C) groups is 1. The zero-order valence-corrected chi connectivity index (χ0v) is 9.43. The Hall–Kier alpha value is -1.55. The third-order valence-electron chi connectivity index (χ3n) is 2.59. The van der Waals surface area contributed by atoms with Gasteiger partial charge in [-0.15, -0.1) is 0 Å². The number of aliphatic hydroxyl groups is 1. The highest BCUT2D eigenvalue weighted by molar-refractivity contribution is 5.80. The molecule has 86 valence electrons. The second-order valence-corrected chi connectivity index (χ2v) is 4.04.